The maximum absolute atomic E-state index is 12.9. The van der Waals surface area contributed by atoms with Gasteiger partial charge in [-0.1, -0.05) is 332 Å². The first-order chi connectivity index (χ1) is 46.0. The highest BCUT2D eigenvalue weighted by atomic mass is 31.2. The molecule has 0 aliphatic carbocycles. The molecule has 9 nitrogen and oxygen atoms in total. The van der Waals surface area contributed by atoms with Gasteiger partial charge in [-0.3, -0.25) is 18.6 Å². The molecule has 0 heterocycles. The van der Waals surface area contributed by atoms with E-state index < -0.39 is 26.5 Å². The molecule has 0 aliphatic rings. The number of likely N-dealkylation sites (N-methyl/N-ethyl adjacent to an activating group) is 1. The van der Waals surface area contributed by atoms with Gasteiger partial charge in [-0.05, 0) is 122 Å². The molecule has 0 saturated heterocycles. The summed E-state index contributed by atoms with van der Waals surface area (Å²) in [5.41, 5.74) is 0. The van der Waals surface area contributed by atoms with Gasteiger partial charge < -0.3 is 18.9 Å². The van der Waals surface area contributed by atoms with Crippen LogP contribution in [-0.4, -0.2) is 74.9 Å². The highest BCUT2D eigenvalue weighted by molar-refractivity contribution is 7.47. The Morgan fingerprint density at radius 3 is 0.851 bits per heavy atom. The predicted octanol–water partition coefficient (Wildman–Crippen LogP) is 25.5. The molecule has 0 aromatic rings. The molecule has 0 rings (SSSR count). The Hall–Kier alpha value is -4.37. The van der Waals surface area contributed by atoms with Gasteiger partial charge in [0.25, 0.3) is 0 Å². The molecular weight excluding hydrogens is 1180 g/mol. The number of phosphoric acid groups is 1. The van der Waals surface area contributed by atoms with Crippen molar-refractivity contribution in [2.45, 2.75) is 315 Å². The van der Waals surface area contributed by atoms with Crippen LogP contribution in [0.25, 0.3) is 0 Å². The van der Waals surface area contributed by atoms with Crippen LogP contribution in [0, 0.1) is 0 Å². The van der Waals surface area contributed by atoms with Crippen molar-refractivity contribution in [2.75, 3.05) is 47.5 Å². The molecule has 0 aliphatic heterocycles. The number of esters is 2. The molecule has 0 amide bonds. The van der Waals surface area contributed by atoms with E-state index >= 15 is 0 Å². The summed E-state index contributed by atoms with van der Waals surface area (Å²) in [5, 5.41) is 0. The van der Waals surface area contributed by atoms with Gasteiger partial charge in [0.05, 0.1) is 27.7 Å². The summed E-state index contributed by atoms with van der Waals surface area (Å²) >= 11 is 0. The van der Waals surface area contributed by atoms with Crippen LogP contribution < -0.4 is 0 Å². The molecule has 2 atom stereocenters. The van der Waals surface area contributed by atoms with Gasteiger partial charge in [-0.15, -0.1) is 0 Å². The first-order valence-electron chi connectivity index (χ1n) is 38.2. The first-order valence-corrected chi connectivity index (χ1v) is 39.7. The van der Waals surface area contributed by atoms with Crippen molar-refractivity contribution in [1.29, 1.82) is 0 Å². The summed E-state index contributed by atoms with van der Waals surface area (Å²) in [6.07, 6.45) is 109. The number of hydrogen-bond acceptors (Lipinski definition) is 7. The fraction of sp³-hybridized carbons (Fsp3) is 0.667. The highest BCUT2D eigenvalue weighted by Gasteiger charge is 2.27. The average Bonchev–Trinajstić information content (AvgIpc) is 1.56. The Bertz CT molecular complexity index is 2150. The van der Waals surface area contributed by atoms with Gasteiger partial charge in [0, 0.05) is 12.8 Å². The number of allylic oxidation sites excluding steroid dienone is 26. The fourth-order valence-electron chi connectivity index (χ4n) is 10.3. The van der Waals surface area contributed by atoms with Crippen LogP contribution in [0.4, 0.5) is 0 Å². The maximum Gasteiger partial charge on any atom is 0.472 e. The number of carbonyl (C=O) groups is 2. The summed E-state index contributed by atoms with van der Waals surface area (Å²) in [4.78, 5) is 35.9. The second-order valence-electron chi connectivity index (χ2n) is 26.3. The number of nitrogens with zero attached hydrogens (tertiary/aromatic N) is 1. The molecule has 0 aromatic heterocycles. The Labute approximate surface area is 579 Å². The van der Waals surface area contributed by atoms with E-state index in [4.69, 9.17) is 18.5 Å². The van der Waals surface area contributed by atoms with Crippen LogP contribution in [-0.2, 0) is 32.7 Å². The van der Waals surface area contributed by atoms with Crippen molar-refractivity contribution in [1.82, 2.24) is 0 Å². The third-order valence-corrected chi connectivity index (χ3v) is 17.0. The standard InChI is InChI=1S/C84H142NO8P/c1-6-8-10-12-14-16-18-20-22-24-26-28-30-32-34-36-38-40-41-42-43-45-46-48-50-52-54-56-58-60-62-64-66-68-70-72-74-76-83(86)90-80-82(81-92-94(88,89)91-79-78-85(3,4)5)93-84(87)77-75-73-71-69-67-65-63-61-59-57-55-53-51-49-47-44-39-37-35-33-31-29-27-25-23-21-19-17-15-13-11-9-7-2/h8-11,14-17,20-23,26-29,33,35,39,44,49,51,55,57,61,63,82H,6-7,12-13,18-19,24-25,30-32,34,36-38,40-43,45-48,50,52-54,56,58-60,62,64-81H2,1-5H3/p+1/b10-8-,11-9-,16-14-,17-15-,22-20-,23-21-,28-26-,29-27-,35-33-,44-39-,51-49-,57-55-,63-61-. The third kappa shape index (κ3) is 76.6. The maximum atomic E-state index is 12.9. The molecule has 2 unspecified atom stereocenters. The smallest absolute Gasteiger partial charge is 0.462 e. The zero-order chi connectivity index (χ0) is 68.3. The van der Waals surface area contributed by atoms with Crippen LogP contribution in [0.15, 0.2) is 158 Å². The van der Waals surface area contributed by atoms with Crippen molar-refractivity contribution in [2.24, 2.45) is 0 Å². The minimum absolute atomic E-state index is 0.0213. The zero-order valence-corrected chi connectivity index (χ0v) is 62.0. The minimum Gasteiger partial charge on any atom is -0.462 e. The number of hydrogen-bond donors (Lipinski definition) is 1. The van der Waals surface area contributed by atoms with E-state index in [0.29, 0.717) is 17.4 Å². The summed E-state index contributed by atoms with van der Waals surface area (Å²) < 4.78 is 34.8. The van der Waals surface area contributed by atoms with Gasteiger partial charge >= 0.3 is 19.8 Å². The number of quaternary nitrogens is 1. The molecule has 536 valence electrons. The van der Waals surface area contributed by atoms with Crippen molar-refractivity contribution < 1.29 is 42.1 Å². The normalized spacial score (nSPS) is 14.0. The molecular formula is C84H143NO8P+. The van der Waals surface area contributed by atoms with Crippen LogP contribution in [0.5, 0.6) is 0 Å². The molecule has 0 fully saturated rings. The molecule has 0 aromatic carbocycles. The van der Waals surface area contributed by atoms with Crippen LogP contribution in [0.3, 0.4) is 0 Å². The van der Waals surface area contributed by atoms with Gasteiger partial charge in [0.15, 0.2) is 6.10 Å². The molecule has 94 heavy (non-hydrogen) atoms. The Balaban J connectivity index is 4.05. The lowest BCUT2D eigenvalue weighted by Crippen LogP contribution is -2.37. The fourth-order valence-corrected chi connectivity index (χ4v) is 11.0. The van der Waals surface area contributed by atoms with Crippen molar-refractivity contribution in [3.8, 4) is 0 Å². The van der Waals surface area contributed by atoms with E-state index in [9.17, 15) is 19.0 Å². The van der Waals surface area contributed by atoms with Gasteiger partial charge in [-0.25, -0.2) is 4.57 Å². The number of rotatable bonds is 69. The van der Waals surface area contributed by atoms with E-state index in [2.05, 4.69) is 172 Å². The molecule has 0 radical (unpaired) electrons. The summed E-state index contributed by atoms with van der Waals surface area (Å²) in [5.74, 6) is -0.819. The van der Waals surface area contributed by atoms with E-state index in [1.807, 2.05) is 21.1 Å². The molecule has 0 bridgehead atoms. The topological polar surface area (TPSA) is 108 Å². The quantitative estimate of drug-likeness (QED) is 0.0211. The number of ether oxygens (including phenoxy) is 2. The second-order valence-corrected chi connectivity index (χ2v) is 27.7. The van der Waals surface area contributed by atoms with E-state index in [-0.39, 0.29) is 32.0 Å². The average molecular weight is 1330 g/mol. The Morgan fingerprint density at radius 2 is 0.574 bits per heavy atom. The number of carbonyl (C=O) groups excluding carboxylic acids is 2. The highest BCUT2D eigenvalue weighted by Crippen LogP contribution is 2.43. The zero-order valence-electron chi connectivity index (χ0n) is 61.1. The summed E-state index contributed by atoms with van der Waals surface area (Å²) in [7, 11) is 1.45. The first kappa shape index (κ1) is 89.6. The van der Waals surface area contributed by atoms with E-state index in [1.54, 1.807) is 0 Å². The van der Waals surface area contributed by atoms with Crippen molar-refractivity contribution >= 4 is 19.8 Å². The van der Waals surface area contributed by atoms with Crippen LogP contribution in [0.1, 0.15) is 309 Å². The Kier molecular flexibility index (Phi) is 69.5. The molecule has 0 saturated carbocycles. The lowest BCUT2D eigenvalue weighted by molar-refractivity contribution is -0.870. The second kappa shape index (κ2) is 72.9. The van der Waals surface area contributed by atoms with Gasteiger partial charge in [0.1, 0.15) is 19.8 Å². The van der Waals surface area contributed by atoms with Gasteiger partial charge in [0.2, 0.25) is 0 Å². The third-order valence-electron chi connectivity index (χ3n) is 16.1. The largest absolute Gasteiger partial charge is 0.472 e. The lowest BCUT2D eigenvalue weighted by Gasteiger charge is -2.24. The van der Waals surface area contributed by atoms with Crippen LogP contribution >= 0.6 is 7.82 Å². The summed E-state index contributed by atoms with van der Waals surface area (Å²) in [6, 6.07) is 0. The molecule has 1 N–H and O–H groups in total. The van der Waals surface area contributed by atoms with Crippen LogP contribution in [0.2, 0.25) is 0 Å². The lowest BCUT2D eigenvalue weighted by atomic mass is 10.0. The van der Waals surface area contributed by atoms with Crippen molar-refractivity contribution in [3.05, 3.63) is 158 Å². The van der Waals surface area contributed by atoms with E-state index in [0.717, 1.165) is 135 Å². The van der Waals surface area contributed by atoms with E-state index in [1.165, 1.54) is 141 Å². The number of unbranched alkanes of at least 4 members (excludes halogenated alkanes) is 29. The van der Waals surface area contributed by atoms with Crippen molar-refractivity contribution in [3.63, 3.8) is 0 Å². The molecule has 10 heteroatoms. The predicted molar refractivity (Wildman–Crippen MR) is 408 cm³/mol. The minimum atomic E-state index is -4.41. The van der Waals surface area contributed by atoms with Gasteiger partial charge in [-0.2, -0.15) is 0 Å². The number of phosphoric ester groups is 1. The summed E-state index contributed by atoms with van der Waals surface area (Å²) in [6.45, 7) is 4.20. The molecule has 0 spiro atoms. The Morgan fingerprint density at radius 1 is 0.330 bits per heavy atom. The SMILES string of the molecule is CC/C=C\C/C=C\C/C=C\C/C=C\C/C=C\C/C=C\C/C=C\C/C=C\C/C=C\CCCCCCCC(=O)OC(COC(=O)CCCCCCCCCCCCCCCCCCCCCCCCCC/C=C\C/C=C\C/C=C\C/C=C\CC)COP(=O)(O)OCC[N+](C)(C)C. The monoisotopic (exact) mass is 1330 g/mol.